The average molecular weight is 250 g/mol. The van der Waals surface area contributed by atoms with Crippen LogP contribution in [-0.4, -0.2) is 32.7 Å². The fraction of sp³-hybridized carbons (Fsp3) is 0.500. The Kier molecular flexibility index (Phi) is 4.20. The fourth-order valence-electron chi connectivity index (χ4n) is 2.24. The SMILES string of the molecule is COc1cccc(OC)c1C(=O)CC1CCCO1. The predicted molar refractivity (Wildman–Crippen MR) is 67.5 cm³/mol. The van der Waals surface area contributed by atoms with Crippen LogP contribution < -0.4 is 9.47 Å². The van der Waals surface area contributed by atoms with Crippen LogP contribution in [0.2, 0.25) is 0 Å². The van der Waals surface area contributed by atoms with Gasteiger partial charge in [0.15, 0.2) is 5.78 Å². The van der Waals surface area contributed by atoms with Gasteiger partial charge >= 0.3 is 0 Å². The van der Waals surface area contributed by atoms with Crippen LogP contribution in [0.25, 0.3) is 0 Å². The molecular formula is C14H18O4. The van der Waals surface area contributed by atoms with Gasteiger partial charge in [-0.15, -0.1) is 0 Å². The van der Waals surface area contributed by atoms with E-state index in [0.29, 0.717) is 23.5 Å². The van der Waals surface area contributed by atoms with Crippen LogP contribution in [0.5, 0.6) is 11.5 Å². The lowest BCUT2D eigenvalue weighted by molar-refractivity contribution is 0.0771. The van der Waals surface area contributed by atoms with Gasteiger partial charge in [-0.3, -0.25) is 4.79 Å². The van der Waals surface area contributed by atoms with Gasteiger partial charge in [-0.2, -0.15) is 0 Å². The van der Waals surface area contributed by atoms with Gasteiger partial charge in [-0.25, -0.2) is 0 Å². The van der Waals surface area contributed by atoms with Crippen molar-refractivity contribution in [1.82, 2.24) is 0 Å². The third-order valence-electron chi connectivity index (χ3n) is 3.14. The molecule has 4 heteroatoms. The molecule has 1 aromatic carbocycles. The highest BCUT2D eigenvalue weighted by Crippen LogP contribution is 2.30. The third kappa shape index (κ3) is 2.64. The van der Waals surface area contributed by atoms with E-state index in [1.54, 1.807) is 32.4 Å². The number of ether oxygens (including phenoxy) is 3. The first-order chi connectivity index (χ1) is 8.76. The molecule has 1 aliphatic heterocycles. The van der Waals surface area contributed by atoms with Crippen LogP contribution in [0.3, 0.4) is 0 Å². The fourth-order valence-corrected chi connectivity index (χ4v) is 2.24. The molecule has 1 atom stereocenters. The Morgan fingerprint density at radius 1 is 1.33 bits per heavy atom. The van der Waals surface area contributed by atoms with E-state index < -0.39 is 0 Å². The zero-order valence-corrected chi connectivity index (χ0v) is 10.8. The molecule has 98 valence electrons. The Morgan fingerprint density at radius 2 is 2.00 bits per heavy atom. The topological polar surface area (TPSA) is 44.8 Å². The quantitative estimate of drug-likeness (QED) is 0.753. The first-order valence-electron chi connectivity index (χ1n) is 6.12. The number of hydrogen-bond donors (Lipinski definition) is 0. The number of carbonyl (C=O) groups is 1. The largest absolute Gasteiger partial charge is 0.496 e. The van der Waals surface area contributed by atoms with Crippen molar-refractivity contribution < 1.29 is 19.0 Å². The maximum atomic E-state index is 12.3. The summed E-state index contributed by atoms with van der Waals surface area (Å²) in [5, 5.41) is 0. The van der Waals surface area contributed by atoms with Crippen LogP contribution in [-0.2, 0) is 4.74 Å². The maximum Gasteiger partial charge on any atom is 0.172 e. The van der Waals surface area contributed by atoms with Crippen molar-refractivity contribution in [2.75, 3.05) is 20.8 Å². The van der Waals surface area contributed by atoms with Crippen molar-refractivity contribution in [3.63, 3.8) is 0 Å². The van der Waals surface area contributed by atoms with Crippen molar-refractivity contribution >= 4 is 5.78 Å². The van der Waals surface area contributed by atoms with E-state index in [-0.39, 0.29) is 11.9 Å². The molecule has 1 unspecified atom stereocenters. The molecule has 0 spiro atoms. The molecule has 1 aromatic rings. The summed E-state index contributed by atoms with van der Waals surface area (Å²) in [6.45, 7) is 0.751. The molecule has 0 N–H and O–H groups in total. The van der Waals surface area contributed by atoms with E-state index in [1.165, 1.54) is 0 Å². The molecule has 0 aromatic heterocycles. The summed E-state index contributed by atoms with van der Waals surface area (Å²) in [5.41, 5.74) is 0.512. The second kappa shape index (κ2) is 5.87. The minimum atomic E-state index is 0.0104. The number of Topliss-reactive ketones (excluding diaryl/α,β-unsaturated/α-hetero) is 1. The highest BCUT2D eigenvalue weighted by Gasteiger charge is 2.24. The van der Waals surface area contributed by atoms with Gasteiger partial charge in [-0.05, 0) is 25.0 Å². The standard InChI is InChI=1S/C14H18O4/c1-16-12-6-3-7-13(17-2)14(12)11(15)9-10-5-4-8-18-10/h3,6-7,10H,4-5,8-9H2,1-2H3. The first-order valence-corrected chi connectivity index (χ1v) is 6.12. The summed E-state index contributed by atoms with van der Waals surface area (Å²) in [4.78, 5) is 12.3. The van der Waals surface area contributed by atoms with Gasteiger partial charge < -0.3 is 14.2 Å². The molecule has 1 saturated heterocycles. The Balaban J connectivity index is 2.21. The van der Waals surface area contributed by atoms with Gasteiger partial charge in [0.1, 0.15) is 17.1 Å². The Hall–Kier alpha value is -1.55. The summed E-state index contributed by atoms with van der Waals surface area (Å²) in [5.74, 6) is 1.12. The first kappa shape index (κ1) is 12.9. The molecule has 0 amide bonds. The number of ketones is 1. The number of rotatable bonds is 5. The van der Waals surface area contributed by atoms with E-state index in [0.717, 1.165) is 19.4 Å². The minimum absolute atomic E-state index is 0.0104. The molecule has 0 bridgehead atoms. The molecular weight excluding hydrogens is 232 g/mol. The maximum absolute atomic E-state index is 12.3. The van der Waals surface area contributed by atoms with Crippen molar-refractivity contribution in [2.24, 2.45) is 0 Å². The zero-order chi connectivity index (χ0) is 13.0. The molecule has 1 heterocycles. The molecule has 0 saturated carbocycles. The summed E-state index contributed by atoms with van der Waals surface area (Å²) in [7, 11) is 3.11. The number of methoxy groups -OCH3 is 2. The molecule has 0 radical (unpaired) electrons. The van der Waals surface area contributed by atoms with Gasteiger partial charge in [0.2, 0.25) is 0 Å². The number of benzene rings is 1. The molecule has 1 aliphatic rings. The van der Waals surface area contributed by atoms with Crippen molar-refractivity contribution in [3.05, 3.63) is 23.8 Å². The van der Waals surface area contributed by atoms with E-state index in [2.05, 4.69) is 0 Å². The van der Waals surface area contributed by atoms with E-state index >= 15 is 0 Å². The predicted octanol–water partition coefficient (Wildman–Crippen LogP) is 2.46. The van der Waals surface area contributed by atoms with Crippen LogP contribution in [0.15, 0.2) is 18.2 Å². The van der Waals surface area contributed by atoms with Gasteiger partial charge in [0, 0.05) is 13.0 Å². The second-order valence-corrected chi connectivity index (χ2v) is 4.30. The van der Waals surface area contributed by atoms with Gasteiger partial charge in [-0.1, -0.05) is 6.07 Å². The van der Waals surface area contributed by atoms with Crippen molar-refractivity contribution in [1.29, 1.82) is 0 Å². The van der Waals surface area contributed by atoms with E-state index in [9.17, 15) is 4.79 Å². The van der Waals surface area contributed by atoms with Crippen molar-refractivity contribution in [2.45, 2.75) is 25.4 Å². The summed E-state index contributed by atoms with van der Waals surface area (Å²) < 4.78 is 16.0. The van der Waals surface area contributed by atoms with Gasteiger partial charge in [0.05, 0.1) is 20.3 Å². The normalized spacial score (nSPS) is 18.7. The molecule has 2 rings (SSSR count). The lowest BCUT2D eigenvalue weighted by atomic mass is 10.0. The lowest BCUT2D eigenvalue weighted by Gasteiger charge is -2.14. The average Bonchev–Trinajstić information content (AvgIpc) is 2.90. The van der Waals surface area contributed by atoms with Crippen LogP contribution in [0.4, 0.5) is 0 Å². The highest BCUT2D eigenvalue weighted by atomic mass is 16.5. The highest BCUT2D eigenvalue weighted by molar-refractivity contribution is 6.01. The monoisotopic (exact) mass is 250 g/mol. The van der Waals surface area contributed by atoms with Gasteiger partial charge in [0.25, 0.3) is 0 Å². The number of hydrogen-bond acceptors (Lipinski definition) is 4. The Morgan fingerprint density at radius 3 is 2.50 bits per heavy atom. The minimum Gasteiger partial charge on any atom is -0.496 e. The molecule has 0 aliphatic carbocycles. The van der Waals surface area contributed by atoms with E-state index in [1.807, 2.05) is 0 Å². The molecule has 18 heavy (non-hydrogen) atoms. The Labute approximate surface area is 107 Å². The third-order valence-corrected chi connectivity index (χ3v) is 3.14. The lowest BCUT2D eigenvalue weighted by Crippen LogP contribution is -2.14. The number of carbonyl (C=O) groups excluding carboxylic acids is 1. The zero-order valence-electron chi connectivity index (χ0n) is 10.8. The van der Waals surface area contributed by atoms with Crippen molar-refractivity contribution in [3.8, 4) is 11.5 Å². The summed E-state index contributed by atoms with van der Waals surface area (Å²) >= 11 is 0. The summed E-state index contributed by atoms with van der Waals surface area (Å²) in [6.07, 6.45) is 2.40. The smallest absolute Gasteiger partial charge is 0.172 e. The van der Waals surface area contributed by atoms with Crippen LogP contribution >= 0.6 is 0 Å². The molecule has 1 fully saturated rings. The van der Waals surface area contributed by atoms with Crippen LogP contribution in [0, 0.1) is 0 Å². The Bertz CT molecular complexity index is 400. The summed E-state index contributed by atoms with van der Waals surface area (Å²) in [6, 6.07) is 5.34. The van der Waals surface area contributed by atoms with E-state index in [4.69, 9.17) is 14.2 Å². The van der Waals surface area contributed by atoms with Crippen LogP contribution in [0.1, 0.15) is 29.6 Å². The second-order valence-electron chi connectivity index (χ2n) is 4.30. The molecule has 4 nitrogen and oxygen atoms in total.